The van der Waals surface area contributed by atoms with Crippen LogP contribution in [-0.2, 0) is 5.75 Å². The van der Waals surface area contributed by atoms with E-state index in [9.17, 15) is 4.79 Å². The topological polar surface area (TPSA) is 29.1 Å². The third-order valence-electron chi connectivity index (χ3n) is 2.99. The lowest BCUT2D eigenvalue weighted by molar-refractivity contribution is 0.0956. The van der Waals surface area contributed by atoms with Crippen LogP contribution in [0.4, 0.5) is 0 Å². The number of aryl methyl sites for hydroxylation is 1. The highest BCUT2D eigenvalue weighted by molar-refractivity contribution is 7.98. The Kier molecular flexibility index (Phi) is 6.15. The van der Waals surface area contributed by atoms with Crippen molar-refractivity contribution < 1.29 is 4.79 Å². The predicted octanol–water partition coefficient (Wildman–Crippen LogP) is 4.31. The van der Waals surface area contributed by atoms with E-state index in [1.165, 1.54) is 5.56 Å². The van der Waals surface area contributed by atoms with Crippen LogP contribution in [0, 0.1) is 6.92 Å². The lowest BCUT2D eigenvalue weighted by atomic mass is 10.1. The van der Waals surface area contributed by atoms with E-state index in [1.54, 1.807) is 11.8 Å². The highest BCUT2D eigenvalue weighted by atomic mass is 35.5. The molecule has 0 aliphatic heterocycles. The van der Waals surface area contributed by atoms with Gasteiger partial charge in [-0.25, -0.2) is 0 Å². The zero-order valence-corrected chi connectivity index (χ0v) is 13.5. The van der Waals surface area contributed by atoms with Gasteiger partial charge in [-0.3, -0.25) is 4.79 Å². The van der Waals surface area contributed by atoms with Gasteiger partial charge in [0.2, 0.25) is 0 Å². The summed E-state index contributed by atoms with van der Waals surface area (Å²) in [4.78, 5) is 11.9. The summed E-state index contributed by atoms with van der Waals surface area (Å²) in [6.45, 7) is 2.66. The minimum Gasteiger partial charge on any atom is -0.351 e. The molecule has 0 fully saturated rings. The lowest BCUT2D eigenvalue weighted by Gasteiger charge is -2.06. The van der Waals surface area contributed by atoms with Crippen LogP contribution in [0.15, 0.2) is 48.5 Å². The lowest BCUT2D eigenvalue weighted by Crippen LogP contribution is -2.25. The Morgan fingerprint density at radius 2 is 1.95 bits per heavy atom. The molecule has 4 heteroatoms. The molecule has 0 aromatic heterocycles. The van der Waals surface area contributed by atoms with E-state index in [0.717, 1.165) is 27.7 Å². The number of carbonyl (C=O) groups excluding carboxylic acids is 1. The minimum atomic E-state index is -0.00853. The number of carbonyl (C=O) groups is 1. The zero-order valence-electron chi connectivity index (χ0n) is 11.9. The van der Waals surface area contributed by atoms with Gasteiger partial charge >= 0.3 is 0 Å². The van der Waals surface area contributed by atoms with Crippen molar-refractivity contribution >= 4 is 29.3 Å². The molecule has 21 heavy (non-hydrogen) atoms. The van der Waals surface area contributed by atoms with E-state index >= 15 is 0 Å². The Labute approximate surface area is 134 Å². The van der Waals surface area contributed by atoms with Crippen molar-refractivity contribution in [2.75, 3.05) is 12.3 Å². The first-order valence-electron chi connectivity index (χ1n) is 6.82. The van der Waals surface area contributed by atoms with Crippen LogP contribution in [0.3, 0.4) is 0 Å². The maximum atomic E-state index is 11.9. The summed E-state index contributed by atoms with van der Waals surface area (Å²) in [5.41, 5.74) is 3.06. The van der Waals surface area contributed by atoms with Crippen molar-refractivity contribution in [3.63, 3.8) is 0 Å². The smallest absolute Gasteiger partial charge is 0.251 e. The summed E-state index contributed by atoms with van der Waals surface area (Å²) in [6.07, 6.45) is 0. The maximum absolute atomic E-state index is 11.9. The number of hydrogen-bond acceptors (Lipinski definition) is 2. The Hall–Kier alpha value is -1.45. The van der Waals surface area contributed by atoms with Gasteiger partial charge in [0.1, 0.15) is 0 Å². The van der Waals surface area contributed by atoms with E-state index in [2.05, 4.69) is 5.32 Å². The van der Waals surface area contributed by atoms with Crippen LogP contribution in [0.2, 0.25) is 5.02 Å². The molecule has 0 radical (unpaired) electrons. The number of hydrogen-bond donors (Lipinski definition) is 1. The fraction of sp³-hybridized carbons (Fsp3) is 0.235. The summed E-state index contributed by atoms with van der Waals surface area (Å²) in [5.74, 6) is 1.81. The second kappa shape index (κ2) is 8.11. The van der Waals surface area contributed by atoms with Crippen LogP contribution in [0.25, 0.3) is 0 Å². The fourth-order valence-electron chi connectivity index (χ4n) is 1.90. The first kappa shape index (κ1) is 15.9. The van der Waals surface area contributed by atoms with Crippen molar-refractivity contribution in [1.82, 2.24) is 5.32 Å². The standard InChI is InChI=1S/C17H18ClNOS/c1-13-3-2-4-15(11-13)17(20)19-9-10-21-12-14-5-7-16(18)8-6-14/h2-8,11H,9-10,12H2,1H3,(H,19,20). The molecule has 0 saturated carbocycles. The molecular formula is C17H18ClNOS. The van der Waals surface area contributed by atoms with E-state index in [0.29, 0.717) is 6.54 Å². The van der Waals surface area contributed by atoms with E-state index < -0.39 is 0 Å². The quantitative estimate of drug-likeness (QED) is 0.804. The van der Waals surface area contributed by atoms with Gasteiger partial charge in [-0.05, 0) is 36.8 Å². The summed E-state index contributed by atoms with van der Waals surface area (Å²) in [5, 5.41) is 3.70. The molecule has 0 saturated heterocycles. The van der Waals surface area contributed by atoms with Crippen molar-refractivity contribution in [3.8, 4) is 0 Å². The molecule has 0 spiro atoms. The van der Waals surface area contributed by atoms with E-state index in [4.69, 9.17) is 11.6 Å². The van der Waals surface area contributed by atoms with Crippen molar-refractivity contribution in [2.45, 2.75) is 12.7 Å². The molecule has 0 unspecified atom stereocenters. The molecule has 0 atom stereocenters. The van der Waals surface area contributed by atoms with E-state index in [1.807, 2.05) is 55.5 Å². The van der Waals surface area contributed by atoms with Crippen LogP contribution in [-0.4, -0.2) is 18.2 Å². The average molecular weight is 320 g/mol. The molecule has 0 heterocycles. The van der Waals surface area contributed by atoms with Gasteiger partial charge < -0.3 is 5.32 Å². The summed E-state index contributed by atoms with van der Waals surface area (Å²) in [6, 6.07) is 15.5. The highest BCUT2D eigenvalue weighted by Crippen LogP contribution is 2.15. The summed E-state index contributed by atoms with van der Waals surface area (Å²) >= 11 is 7.64. The number of amides is 1. The van der Waals surface area contributed by atoms with Gasteiger partial charge in [0.25, 0.3) is 5.91 Å². The average Bonchev–Trinajstić information content (AvgIpc) is 2.48. The van der Waals surface area contributed by atoms with Crippen LogP contribution < -0.4 is 5.32 Å². The fourth-order valence-corrected chi connectivity index (χ4v) is 2.84. The van der Waals surface area contributed by atoms with Crippen molar-refractivity contribution in [3.05, 3.63) is 70.2 Å². The first-order valence-corrected chi connectivity index (χ1v) is 8.35. The Bertz CT molecular complexity index is 598. The monoisotopic (exact) mass is 319 g/mol. The number of benzene rings is 2. The normalized spacial score (nSPS) is 10.4. The molecule has 110 valence electrons. The van der Waals surface area contributed by atoms with Crippen LogP contribution >= 0.6 is 23.4 Å². The maximum Gasteiger partial charge on any atom is 0.251 e. The predicted molar refractivity (Wildman–Crippen MR) is 91.1 cm³/mol. The third kappa shape index (κ3) is 5.44. The van der Waals surface area contributed by atoms with Gasteiger partial charge in [-0.2, -0.15) is 11.8 Å². The molecule has 0 aliphatic rings. The largest absolute Gasteiger partial charge is 0.351 e. The SMILES string of the molecule is Cc1cccc(C(=O)NCCSCc2ccc(Cl)cc2)c1. The second-order valence-electron chi connectivity index (χ2n) is 4.80. The van der Waals surface area contributed by atoms with Crippen molar-refractivity contribution in [1.29, 1.82) is 0 Å². The zero-order chi connectivity index (χ0) is 15.1. The Morgan fingerprint density at radius 1 is 1.19 bits per heavy atom. The van der Waals surface area contributed by atoms with Gasteiger partial charge in [-0.15, -0.1) is 0 Å². The molecule has 2 aromatic carbocycles. The molecule has 1 N–H and O–H groups in total. The van der Waals surface area contributed by atoms with Crippen LogP contribution in [0.5, 0.6) is 0 Å². The molecule has 1 amide bonds. The minimum absolute atomic E-state index is 0.00853. The Balaban J connectivity index is 1.68. The summed E-state index contributed by atoms with van der Waals surface area (Å²) < 4.78 is 0. The molecule has 2 rings (SSSR count). The molecule has 2 aromatic rings. The van der Waals surface area contributed by atoms with Gasteiger partial charge in [-0.1, -0.05) is 41.4 Å². The summed E-state index contributed by atoms with van der Waals surface area (Å²) in [7, 11) is 0. The first-order chi connectivity index (χ1) is 10.1. The second-order valence-corrected chi connectivity index (χ2v) is 6.35. The number of rotatable bonds is 6. The van der Waals surface area contributed by atoms with Crippen molar-refractivity contribution in [2.24, 2.45) is 0 Å². The van der Waals surface area contributed by atoms with Crippen LogP contribution in [0.1, 0.15) is 21.5 Å². The van der Waals surface area contributed by atoms with Gasteiger partial charge in [0, 0.05) is 28.6 Å². The number of thioether (sulfide) groups is 1. The molecule has 0 bridgehead atoms. The molecular weight excluding hydrogens is 302 g/mol. The van der Waals surface area contributed by atoms with Gasteiger partial charge in [0.15, 0.2) is 0 Å². The Morgan fingerprint density at radius 3 is 2.67 bits per heavy atom. The number of halogens is 1. The molecule has 2 nitrogen and oxygen atoms in total. The highest BCUT2D eigenvalue weighted by Gasteiger charge is 2.04. The van der Waals surface area contributed by atoms with E-state index in [-0.39, 0.29) is 5.91 Å². The third-order valence-corrected chi connectivity index (χ3v) is 4.28. The number of nitrogens with one attached hydrogen (secondary N) is 1. The van der Waals surface area contributed by atoms with Gasteiger partial charge in [0.05, 0.1) is 0 Å². The molecule has 0 aliphatic carbocycles.